The Hall–Kier alpha value is -5.47. The van der Waals surface area contributed by atoms with E-state index >= 15 is 0 Å². The van der Waals surface area contributed by atoms with Crippen LogP contribution in [0.3, 0.4) is 0 Å². The number of carbonyl (C=O) groups excluding carboxylic acids is 4. The van der Waals surface area contributed by atoms with E-state index in [2.05, 4.69) is 86.1 Å². The van der Waals surface area contributed by atoms with Gasteiger partial charge in [0.1, 0.15) is 28.3 Å². The molecule has 5 heterocycles. The Morgan fingerprint density at radius 2 is 1.25 bits per heavy atom. The number of rotatable bonds is 9. The molecule has 0 aliphatic carbocycles. The number of ether oxygens (including phenoxy) is 3. The molecule has 5 rings (SSSR count). The van der Waals surface area contributed by atoms with Gasteiger partial charge in [-0.15, -0.1) is 0 Å². The van der Waals surface area contributed by atoms with Crippen molar-refractivity contribution in [3.8, 4) is 12.1 Å². The van der Waals surface area contributed by atoms with Gasteiger partial charge >= 0.3 is 17.9 Å². The summed E-state index contributed by atoms with van der Waals surface area (Å²) in [6, 6.07) is 3.58. The molecule has 1 saturated heterocycles. The molecule has 1 unspecified atom stereocenters. The number of esters is 3. The molecule has 21 nitrogen and oxygen atoms in total. The second-order valence-corrected chi connectivity index (χ2v) is 20.3. The van der Waals surface area contributed by atoms with E-state index in [0.29, 0.717) is 38.3 Å². The Kier molecular flexibility index (Phi) is 38.1. The lowest BCUT2D eigenvalue weighted by molar-refractivity contribution is -0.152. The fourth-order valence-electron chi connectivity index (χ4n) is 7.23. The lowest BCUT2D eigenvalue weighted by Crippen LogP contribution is -2.48. The van der Waals surface area contributed by atoms with Crippen LogP contribution in [0.1, 0.15) is 152 Å². The molecule has 1 aromatic rings. The number of aromatic nitrogens is 2. The van der Waals surface area contributed by atoms with E-state index < -0.39 is 34.2 Å². The van der Waals surface area contributed by atoms with Gasteiger partial charge in [-0.2, -0.15) is 15.6 Å². The van der Waals surface area contributed by atoms with Crippen LogP contribution in [0.4, 0.5) is 5.82 Å². The molecule has 21 heteroatoms. The summed E-state index contributed by atoms with van der Waals surface area (Å²) in [7, 11) is 13.9. The number of nitrogens with two attached hydrogens (primary N) is 3. The quantitative estimate of drug-likeness (QED) is 0.0881. The number of carbonyl (C=O) groups is 4. The molecule has 0 spiro atoms. The number of hydrogen-bond acceptors (Lipinski definition) is 19. The molecular weight excluding hydrogens is 957 g/mol. The minimum Gasteiger partial charge on any atom is -0.468 e. The number of Topliss-reactive ketones (excluding diaryl/α,β-unsaturated/α-hetero) is 1. The molecule has 436 valence electrons. The Bertz CT molecular complexity index is 2130. The first-order valence-corrected chi connectivity index (χ1v) is 22.6. The molecule has 0 amide bonds. The Morgan fingerprint density at radius 1 is 0.787 bits per heavy atom. The molecule has 0 saturated carbocycles. The number of ketones is 1. The third-order valence-corrected chi connectivity index (χ3v) is 13.1. The average Bonchev–Trinajstić information content (AvgIpc) is 3.98. The summed E-state index contributed by atoms with van der Waals surface area (Å²) in [4.78, 5) is 60.1. The minimum atomic E-state index is -0.852. The highest BCUT2D eigenvalue weighted by atomic mass is 16.5. The van der Waals surface area contributed by atoms with Gasteiger partial charge in [0.25, 0.3) is 6.04 Å². The number of anilines is 1. The molecule has 4 aliphatic heterocycles. The number of hydrogen-bond donors (Lipinski definition) is 4. The monoisotopic (exact) mass is 1060 g/mol. The number of nitrogens with zero attached hydrogens (tertiary/aromatic N) is 10. The maximum absolute atomic E-state index is 11.4. The van der Waals surface area contributed by atoms with Crippen molar-refractivity contribution in [2.75, 3.05) is 88.0 Å². The first kappa shape index (κ1) is 83.5. The highest BCUT2D eigenvalue weighted by Gasteiger charge is 2.49. The van der Waals surface area contributed by atoms with Crippen molar-refractivity contribution in [1.82, 2.24) is 34.7 Å². The summed E-state index contributed by atoms with van der Waals surface area (Å²) in [6.45, 7) is 33.8. The van der Waals surface area contributed by atoms with E-state index in [1.54, 1.807) is 48.6 Å². The third-order valence-electron chi connectivity index (χ3n) is 13.1. The molecular formula is C54H108N14O7. The van der Waals surface area contributed by atoms with Gasteiger partial charge in [0.05, 0.1) is 63.3 Å². The van der Waals surface area contributed by atoms with E-state index in [1.165, 1.54) is 43.7 Å². The molecule has 4 aliphatic rings. The van der Waals surface area contributed by atoms with Crippen molar-refractivity contribution in [2.24, 2.45) is 23.5 Å². The summed E-state index contributed by atoms with van der Waals surface area (Å²) in [6.07, 6.45) is 0.803. The third kappa shape index (κ3) is 22.0. The number of methoxy groups -OCH3 is 3. The lowest BCUT2D eigenvalue weighted by atomic mass is 9.94. The number of likely N-dealkylation sites (N-methyl/N-ethyl adjacent to an activating group) is 3. The molecule has 0 radical (unpaired) electrons. The average molecular weight is 1070 g/mol. The topological polar surface area (TPSA) is 281 Å². The fraction of sp³-hybridized carbons (Fsp3) is 0.759. The Labute approximate surface area is 456 Å². The van der Waals surface area contributed by atoms with Crippen LogP contribution in [-0.4, -0.2) is 175 Å². The van der Waals surface area contributed by atoms with Gasteiger partial charge in [0.15, 0.2) is 0 Å². The largest absolute Gasteiger partial charge is 0.468 e. The zero-order valence-electron chi connectivity index (χ0n) is 45.3. The molecule has 75 heavy (non-hydrogen) atoms. The van der Waals surface area contributed by atoms with Crippen molar-refractivity contribution in [3.05, 3.63) is 33.8 Å². The van der Waals surface area contributed by atoms with Gasteiger partial charge in [0.2, 0.25) is 5.78 Å². The zero-order chi connectivity index (χ0) is 54.3. The number of aryl methyl sites for hydroxylation is 1. The minimum absolute atomic E-state index is 0. The lowest BCUT2D eigenvalue weighted by Gasteiger charge is -2.31. The van der Waals surface area contributed by atoms with E-state index in [4.69, 9.17) is 34.3 Å². The second-order valence-electron chi connectivity index (χ2n) is 20.3. The summed E-state index contributed by atoms with van der Waals surface area (Å²) < 4.78 is 15.5. The molecule has 7 N–H and O–H groups in total. The summed E-state index contributed by atoms with van der Waals surface area (Å²) in [5, 5.41) is 23.8. The van der Waals surface area contributed by atoms with Crippen LogP contribution in [0.15, 0.2) is 16.1 Å². The van der Waals surface area contributed by atoms with Crippen LogP contribution in [-0.2, 0) is 52.5 Å². The molecule has 0 aromatic carbocycles. The predicted octanol–water partition coefficient (Wildman–Crippen LogP) is 6.57. The first-order chi connectivity index (χ1) is 31.5. The molecule has 0 bridgehead atoms. The van der Waals surface area contributed by atoms with E-state index in [0.717, 1.165) is 25.5 Å². The van der Waals surface area contributed by atoms with Crippen LogP contribution < -0.4 is 22.5 Å². The summed E-state index contributed by atoms with van der Waals surface area (Å²) >= 11 is 0. The highest BCUT2D eigenvalue weighted by Crippen LogP contribution is 2.39. The number of nitriles is 2. The Morgan fingerprint density at radius 3 is 1.60 bits per heavy atom. The zero-order valence-corrected chi connectivity index (χ0v) is 45.3. The van der Waals surface area contributed by atoms with E-state index in [1.807, 2.05) is 54.6 Å². The highest BCUT2D eigenvalue weighted by molar-refractivity contribution is 6.01. The molecule has 1 fully saturated rings. The maximum Gasteiger partial charge on any atom is 0.325 e. The van der Waals surface area contributed by atoms with Gasteiger partial charge < -0.3 is 41.6 Å². The number of fused-ring (bicyclic) bond motifs is 1. The molecule has 1 atom stereocenters. The fourth-order valence-corrected chi connectivity index (χ4v) is 7.23. The molecule has 1 aromatic heterocycles. The van der Waals surface area contributed by atoms with Crippen LogP contribution >= 0.6 is 0 Å². The van der Waals surface area contributed by atoms with Gasteiger partial charge in [-0.1, -0.05) is 44.6 Å². The van der Waals surface area contributed by atoms with Crippen LogP contribution in [0, 0.1) is 29.2 Å². The van der Waals surface area contributed by atoms with Crippen molar-refractivity contribution >= 4 is 35.3 Å². The van der Waals surface area contributed by atoms with Crippen molar-refractivity contribution < 1.29 is 33.4 Å². The van der Waals surface area contributed by atoms with Gasteiger partial charge in [-0.3, -0.25) is 48.5 Å². The van der Waals surface area contributed by atoms with Crippen LogP contribution in [0.5, 0.6) is 0 Å². The first-order valence-electron chi connectivity index (χ1n) is 22.6. The summed E-state index contributed by atoms with van der Waals surface area (Å²) in [5.41, 5.74) is 19.6. The van der Waals surface area contributed by atoms with Crippen molar-refractivity contribution in [2.45, 2.75) is 186 Å². The number of nitrogens with one attached hydrogen (secondary N) is 1. The van der Waals surface area contributed by atoms with Crippen LogP contribution in [0.2, 0.25) is 0 Å². The van der Waals surface area contributed by atoms with Crippen molar-refractivity contribution in [3.63, 3.8) is 0 Å². The standard InChI is InChI=1S/C9H16N4.C9H15N3.C9H16N2O2.C8H14N2O2.C8H12N2O.C5H11NO2.6CH4/c1-9(2)7-6(5-12(9)3)8(10)11-13(7)4;1-9(2)7-4-11-8(10)6(7)5-12(9)3;1-9(2,8(12)13-4)11(3)7-5-6-10;1-8(2,7(11)12-3)10-6-4-5-9;1-8(2)7(11)6(9-3)5-10(8)4;1-5(2,6)4(7)8-3;;;;;;/h5H2,1-4H3,(H2,10,11);4-5H2,1-3H3,(H2,10,11);5,7H2,1-4H3;10H,4,6H2,1-3H3;6H,5H2,1-2,4H3;6H2,1-3H3;6*1H4. The summed E-state index contributed by atoms with van der Waals surface area (Å²) in [5.74, 6) is 0.484. The second kappa shape index (κ2) is 34.2. The van der Waals surface area contributed by atoms with Gasteiger partial charge in [-0.05, 0) is 117 Å². The van der Waals surface area contributed by atoms with E-state index in [9.17, 15) is 19.2 Å². The number of amidine groups is 1. The number of aliphatic imine (C=N–C) groups is 1. The van der Waals surface area contributed by atoms with E-state index in [-0.39, 0.29) is 73.4 Å². The number of likely N-dealkylation sites (tertiary alicyclic amines) is 1. The van der Waals surface area contributed by atoms with Gasteiger partial charge in [0, 0.05) is 62.7 Å². The smallest absolute Gasteiger partial charge is 0.325 e. The SMILES string of the molecule is C.C.C.C.C.C.CN1CC2=C(CN=C2N)C1(C)C.CN1Cc2c(N)nn(C)c2C1(C)C.COC(=O)C(C)(C)N.COC(=O)C(C)(C)N(C)CCC#N.COC(=O)C(C)(C)NCCC#N.[C-]#[N+]C1CN(C)C(C)(C)C1=O. The predicted molar refractivity (Wildman–Crippen MR) is 308 cm³/mol. The normalized spacial score (nSPS) is 17.2. The number of nitrogen functional groups attached to an aromatic ring is 1. The van der Waals surface area contributed by atoms with Gasteiger partial charge in [-0.25, -0.2) is 6.57 Å². The Balaban J connectivity index is -0.000000146. The van der Waals surface area contributed by atoms with Crippen molar-refractivity contribution in [1.29, 1.82) is 10.5 Å². The van der Waals surface area contributed by atoms with Crippen LogP contribution in [0.25, 0.3) is 4.85 Å². The maximum atomic E-state index is 11.4.